The maximum atomic E-state index is 12.4. The Morgan fingerprint density at radius 1 is 1.12 bits per heavy atom. The van der Waals surface area contributed by atoms with E-state index in [2.05, 4.69) is 15.2 Å². The van der Waals surface area contributed by atoms with Gasteiger partial charge in [0.05, 0.1) is 36.3 Å². The second-order valence-electron chi connectivity index (χ2n) is 7.37. The molecule has 0 saturated carbocycles. The molecule has 2 amide bonds. The van der Waals surface area contributed by atoms with Crippen LogP contribution in [0.15, 0.2) is 22.0 Å². The first-order valence-corrected chi connectivity index (χ1v) is 11.0. The molecule has 11 nitrogen and oxygen atoms in total. The van der Waals surface area contributed by atoms with Crippen LogP contribution in [-0.4, -0.2) is 74.5 Å². The van der Waals surface area contributed by atoms with E-state index in [0.717, 1.165) is 17.4 Å². The second kappa shape index (κ2) is 9.67. The second-order valence-corrected chi connectivity index (χ2v) is 8.40. The Morgan fingerprint density at radius 3 is 2.28 bits per heavy atom. The number of morpholine rings is 2. The van der Waals surface area contributed by atoms with Crippen LogP contribution in [0.3, 0.4) is 0 Å². The highest BCUT2D eigenvalue weighted by Crippen LogP contribution is 2.39. The number of amides is 2. The summed E-state index contributed by atoms with van der Waals surface area (Å²) in [6, 6.07) is 3.33. The van der Waals surface area contributed by atoms with Crippen molar-refractivity contribution in [3.63, 3.8) is 0 Å². The van der Waals surface area contributed by atoms with Gasteiger partial charge in [0.15, 0.2) is 5.17 Å². The van der Waals surface area contributed by atoms with Crippen molar-refractivity contribution < 1.29 is 24.0 Å². The van der Waals surface area contributed by atoms with Crippen LogP contribution in [0.25, 0.3) is 6.08 Å². The maximum Gasteiger partial charge on any atom is 0.293 e. The van der Waals surface area contributed by atoms with Gasteiger partial charge in [0, 0.05) is 50.4 Å². The largest absolute Gasteiger partial charge is 0.378 e. The standard InChI is InChI=1S/C20H23N5O6S/c1-13(26)21-20-22-19(27)18(32-20)11-14-10-17(25(28)29)16(24-4-8-31-9-5-24)12-15(14)23-2-6-30-7-3-23/h10-12H,2-9H2,1H3,(H,21,22,26,27). The molecular formula is C20H23N5O6S. The molecule has 4 rings (SSSR count). The summed E-state index contributed by atoms with van der Waals surface area (Å²) in [4.78, 5) is 43.4. The van der Waals surface area contributed by atoms with Crippen molar-refractivity contribution in [1.82, 2.24) is 5.32 Å². The molecule has 0 aromatic heterocycles. The molecular weight excluding hydrogens is 438 g/mol. The van der Waals surface area contributed by atoms with E-state index >= 15 is 0 Å². The highest BCUT2D eigenvalue weighted by Gasteiger charge is 2.28. The van der Waals surface area contributed by atoms with Crippen LogP contribution in [0, 0.1) is 10.1 Å². The van der Waals surface area contributed by atoms with Gasteiger partial charge in [-0.05, 0) is 23.9 Å². The number of nitrogens with one attached hydrogen (secondary N) is 1. The summed E-state index contributed by atoms with van der Waals surface area (Å²) < 4.78 is 10.9. The van der Waals surface area contributed by atoms with Crippen LogP contribution < -0.4 is 15.1 Å². The summed E-state index contributed by atoms with van der Waals surface area (Å²) >= 11 is 1.03. The number of carbonyl (C=O) groups is 2. The molecule has 3 aliphatic heterocycles. The number of anilines is 2. The molecule has 0 atom stereocenters. The molecule has 2 fully saturated rings. The van der Waals surface area contributed by atoms with Crippen molar-refractivity contribution in [3.8, 4) is 0 Å². The highest BCUT2D eigenvalue weighted by atomic mass is 32.2. The number of carbonyl (C=O) groups excluding carboxylic acids is 2. The fourth-order valence-electron chi connectivity index (χ4n) is 3.73. The monoisotopic (exact) mass is 461 g/mol. The summed E-state index contributed by atoms with van der Waals surface area (Å²) in [5.41, 5.74) is 1.83. The van der Waals surface area contributed by atoms with Gasteiger partial charge >= 0.3 is 0 Å². The predicted octanol–water partition coefficient (Wildman–Crippen LogP) is 1.37. The number of ether oxygens (including phenoxy) is 2. The summed E-state index contributed by atoms with van der Waals surface area (Å²) in [6.07, 6.45) is 1.60. The summed E-state index contributed by atoms with van der Waals surface area (Å²) in [5, 5.41) is 14.6. The number of nitro groups is 1. The molecule has 12 heteroatoms. The van der Waals surface area contributed by atoms with Crippen LogP contribution in [0.5, 0.6) is 0 Å². The Morgan fingerprint density at radius 2 is 1.72 bits per heavy atom. The Bertz CT molecular complexity index is 998. The molecule has 3 aliphatic rings. The number of rotatable bonds is 4. The van der Waals surface area contributed by atoms with E-state index in [1.807, 2.05) is 11.0 Å². The number of benzene rings is 1. The van der Waals surface area contributed by atoms with Crippen molar-refractivity contribution >= 4 is 51.9 Å². The maximum absolute atomic E-state index is 12.4. The van der Waals surface area contributed by atoms with E-state index in [1.165, 1.54) is 13.0 Å². The smallest absolute Gasteiger partial charge is 0.293 e. The molecule has 1 aromatic rings. The van der Waals surface area contributed by atoms with Gasteiger partial charge in [-0.25, -0.2) is 0 Å². The zero-order valence-corrected chi connectivity index (χ0v) is 18.4. The Kier molecular flexibility index (Phi) is 6.72. The number of nitrogens with zero attached hydrogens (tertiary/aromatic N) is 4. The van der Waals surface area contributed by atoms with Gasteiger partial charge in [0.25, 0.3) is 11.6 Å². The Labute approximate surface area is 188 Å². The van der Waals surface area contributed by atoms with Crippen LogP contribution in [-0.2, 0) is 19.1 Å². The third kappa shape index (κ3) is 4.92. The quantitative estimate of drug-likeness (QED) is 0.402. The van der Waals surface area contributed by atoms with Gasteiger partial charge in [-0.3, -0.25) is 19.7 Å². The van der Waals surface area contributed by atoms with Gasteiger partial charge in [-0.2, -0.15) is 4.99 Å². The molecule has 0 spiro atoms. The minimum Gasteiger partial charge on any atom is -0.378 e. The number of aliphatic imine (C=N–C) groups is 1. The number of amidine groups is 1. The molecule has 32 heavy (non-hydrogen) atoms. The molecule has 0 radical (unpaired) electrons. The SMILES string of the molecule is CC(=O)NC1=NC(=O)C(=Cc2cc([N+](=O)[O-])c(N3CCOCC3)cc2N2CCOCC2)S1. The lowest BCUT2D eigenvalue weighted by Gasteiger charge is -2.33. The van der Waals surface area contributed by atoms with E-state index in [1.54, 1.807) is 6.08 Å². The lowest BCUT2D eigenvalue weighted by atomic mass is 10.1. The Balaban J connectivity index is 1.76. The zero-order chi connectivity index (χ0) is 22.7. The minimum absolute atomic E-state index is 0.0331. The van der Waals surface area contributed by atoms with Crippen molar-refractivity contribution in [2.24, 2.45) is 4.99 Å². The van der Waals surface area contributed by atoms with Crippen LogP contribution >= 0.6 is 11.8 Å². The topological polar surface area (TPSA) is 127 Å². The average Bonchev–Trinajstić information content (AvgIpc) is 3.12. The molecule has 3 heterocycles. The van der Waals surface area contributed by atoms with Crippen LogP contribution in [0.2, 0.25) is 0 Å². The van der Waals surface area contributed by atoms with Gasteiger partial charge in [-0.1, -0.05) is 0 Å². The molecule has 0 unspecified atom stereocenters. The lowest BCUT2D eigenvalue weighted by Crippen LogP contribution is -2.38. The highest BCUT2D eigenvalue weighted by molar-refractivity contribution is 8.18. The van der Waals surface area contributed by atoms with Crippen molar-refractivity contribution in [1.29, 1.82) is 0 Å². The van der Waals surface area contributed by atoms with E-state index in [0.29, 0.717) is 63.9 Å². The predicted molar refractivity (Wildman–Crippen MR) is 121 cm³/mol. The van der Waals surface area contributed by atoms with Crippen LogP contribution in [0.4, 0.5) is 17.1 Å². The fraction of sp³-hybridized carbons (Fsp3) is 0.450. The van der Waals surface area contributed by atoms with E-state index in [9.17, 15) is 19.7 Å². The number of thioether (sulfide) groups is 1. The van der Waals surface area contributed by atoms with Gasteiger partial charge in [0.2, 0.25) is 5.91 Å². The number of nitro benzene ring substituents is 1. The molecule has 0 aliphatic carbocycles. The first kappa shape index (κ1) is 22.2. The third-order valence-electron chi connectivity index (χ3n) is 5.21. The zero-order valence-electron chi connectivity index (χ0n) is 17.5. The lowest BCUT2D eigenvalue weighted by molar-refractivity contribution is -0.384. The van der Waals surface area contributed by atoms with Crippen molar-refractivity contribution in [2.45, 2.75) is 6.92 Å². The van der Waals surface area contributed by atoms with Crippen molar-refractivity contribution in [3.05, 3.63) is 32.7 Å². The van der Waals surface area contributed by atoms with Gasteiger partial charge < -0.3 is 24.6 Å². The van der Waals surface area contributed by atoms with Gasteiger partial charge in [-0.15, -0.1) is 0 Å². The third-order valence-corrected chi connectivity index (χ3v) is 6.11. The first-order chi connectivity index (χ1) is 15.4. The molecule has 1 N–H and O–H groups in total. The van der Waals surface area contributed by atoms with Crippen LogP contribution in [0.1, 0.15) is 12.5 Å². The van der Waals surface area contributed by atoms with Crippen molar-refractivity contribution in [2.75, 3.05) is 62.4 Å². The molecule has 2 saturated heterocycles. The number of hydrogen-bond acceptors (Lipinski definition) is 9. The molecule has 170 valence electrons. The van der Waals surface area contributed by atoms with E-state index < -0.39 is 10.8 Å². The summed E-state index contributed by atoms with van der Waals surface area (Å²) in [7, 11) is 0. The first-order valence-electron chi connectivity index (χ1n) is 10.2. The molecule has 0 bridgehead atoms. The Hall–Kier alpha value is -2.96. The normalized spacial score (nSPS) is 20.5. The van der Waals surface area contributed by atoms with E-state index in [4.69, 9.17) is 9.47 Å². The summed E-state index contributed by atoms with van der Waals surface area (Å²) in [5.74, 6) is -0.823. The average molecular weight is 462 g/mol. The van der Waals surface area contributed by atoms with E-state index in [-0.39, 0.29) is 21.7 Å². The number of hydrogen-bond donors (Lipinski definition) is 1. The van der Waals surface area contributed by atoms with Gasteiger partial charge in [0.1, 0.15) is 5.69 Å². The fourth-order valence-corrected chi connectivity index (χ4v) is 4.58. The minimum atomic E-state index is -0.494. The molecule has 1 aromatic carbocycles. The summed E-state index contributed by atoms with van der Waals surface area (Å²) in [6.45, 7) is 5.81.